The Kier molecular flexibility index (Phi) is 4.17. The van der Waals surface area contributed by atoms with Crippen molar-refractivity contribution >= 4 is 17.5 Å². The first-order valence-electron chi connectivity index (χ1n) is 8.61. The lowest BCUT2D eigenvalue weighted by Gasteiger charge is -2.17. The van der Waals surface area contributed by atoms with Crippen molar-refractivity contribution < 1.29 is 27.8 Å². The average molecular weight is 389 g/mol. The summed E-state index contributed by atoms with van der Waals surface area (Å²) < 4.78 is 35.5. The molecule has 28 heavy (non-hydrogen) atoms. The Balaban J connectivity index is 1.62. The minimum Gasteiger partial charge on any atom is -0.395 e. The Morgan fingerprint density at radius 1 is 1.29 bits per heavy atom. The van der Waals surface area contributed by atoms with Gasteiger partial charge in [0.25, 0.3) is 0 Å². The number of hydrogen-bond acceptors (Lipinski definition) is 5. The molecule has 2 aliphatic heterocycles. The van der Waals surface area contributed by atoms with Crippen LogP contribution in [0.4, 0.5) is 14.5 Å². The van der Waals surface area contributed by atoms with Crippen LogP contribution in [0.1, 0.15) is 17.0 Å². The number of aromatic nitrogens is 1. The number of amides is 2. The van der Waals surface area contributed by atoms with Crippen molar-refractivity contribution in [2.24, 2.45) is 5.92 Å². The summed E-state index contributed by atoms with van der Waals surface area (Å²) >= 11 is 0. The van der Waals surface area contributed by atoms with Gasteiger partial charge in [0, 0.05) is 25.7 Å². The molecule has 0 radical (unpaired) electrons. The molecular formula is C19H17F2N3O4. The van der Waals surface area contributed by atoms with Gasteiger partial charge in [-0.1, -0.05) is 6.07 Å². The predicted octanol–water partition coefficient (Wildman–Crippen LogP) is 2.52. The van der Waals surface area contributed by atoms with Crippen LogP contribution in [-0.2, 0) is 9.59 Å². The third-order valence-electron chi connectivity index (χ3n) is 4.95. The zero-order valence-electron chi connectivity index (χ0n) is 15.1. The smallest absolute Gasteiger partial charge is 0.395 e. The largest absolute Gasteiger partial charge is 0.586 e. The Morgan fingerprint density at radius 3 is 2.79 bits per heavy atom. The van der Waals surface area contributed by atoms with E-state index in [4.69, 9.17) is 0 Å². The maximum Gasteiger partial charge on any atom is 0.586 e. The molecule has 1 aromatic heterocycles. The molecule has 7 nitrogen and oxygen atoms in total. The van der Waals surface area contributed by atoms with E-state index in [1.807, 2.05) is 6.92 Å². The van der Waals surface area contributed by atoms with Gasteiger partial charge >= 0.3 is 6.29 Å². The molecule has 1 saturated heterocycles. The van der Waals surface area contributed by atoms with Crippen LogP contribution in [-0.4, -0.2) is 41.6 Å². The number of hydrogen-bond donors (Lipinski definition) is 1. The number of anilines is 1. The molecule has 3 heterocycles. The molecule has 146 valence electrons. The molecule has 0 spiro atoms. The quantitative estimate of drug-likeness (QED) is 0.816. The number of nitrogens with one attached hydrogen (secondary N) is 1. The topological polar surface area (TPSA) is 80.8 Å². The number of fused-ring (bicyclic) bond motifs is 1. The molecule has 4 rings (SSSR count). The van der Waals surface area contributed by atoms with Crippen LogP contribution in [0.3, 0.4) is 0 Å². The number of alkyl halides is 2. The number of rotatable bonds is 3. The van der Waals surface area contributed by atoms with Crippen LogP contribution >= 0.6 is 0 Å². The molecule has 2 amide bonds. The van der Waals surface area contributed by atoms with Crippen molar-refractivity contribution in [2.45, 2.75) is 19.1 Å². The predicted molar refractivity (Wildman–Crippen MR) is 94.1 cm³/mol. The summed E-state index contributed by atoms with van der Waals surface area (Å²) in [7, 11) is 1.60. The normalized spacial score (nSPS) is 22.4. The lowest BCUT2D eigenvalue weighted by Crippen LogP contribution is -2.33. The fourth-order valence-corrected chi connectivity index (χ4v) is 3.49. The standard InChI is InChI=1S/C19H17F2N3O4/c1-10-5-6-22-8-13(10)23-17(25)16-12(9-24(2)18(16)26)11-3-4-14-15(7-11)28-19(20,21)27-14/h3-8,12,16H,9H2,1-2H3,(H,23,25)/t12-,16+/m1/s1. The minimum absolute atomic E-state index is 0.0848. The summed E-state index contributed by atoms with van der Waals surface area (Å²) in [6.07, 6.45) is -0.615. The van der Waals surface area contributed by atoms with Crippen molar-refractivity contribution in [1.29, 1.82) is 0 Å². The van der Waals surface area contributed by atoms with Gasteiger partial charge < -0.3 is 19.7 Å². The minimum atomic E-state index is -3.72. The summed E-state index contributed by atoms with van der Waals surface area (Å²) in [5, 5.41) is 2.74. The third kappa shape index (κ3) is 3.12. The molecule has 0 aliphatic carbocycles. The van der Waals surface area contributed by atoms with Crippen molar-refractivity contribution in [1.82, 2.24) is 9.88 Å². The van der Waals surface area contributed by atoms with E-state index in [-0.39, 0.29) is 24.0 Å². The number of nitrogens with zero attached hydrogens (tertiary/aromatic N) is 2. The average Bonchev–Trinajstić information content (AvgIpc) is 3.10. The highest BCUT2D eigenvalue weighted by Crippen LogP contribution is 2.44. The van der Waals surface area contributed by atoms with Crippen LogP contribution in [0.15, 0.2) is 36.7 Å². The van der Waals surface area contributed by atoms with Crippen molar-refractivity contribution in [3.05, 3.63) is 47.8 Å². The van der Waals surface area contributed by atoms with Gasteiger partial charge in [-0.15, -0.1) is 8.78 Å². The number of benzene rings is 1. The van der Waals surface area contributed by atoms with E-state index < -0.39 is 24.0 Å². The third-order valence-corrected chi connectivity index (χ3v) is 4.95. The molecule has 2 atom stereocenters. The van der Waals surface area contributed by atoms with Gasteiger partial charge in [-0.25, -0.2) is 0 Å². The highest BCUT2D eigenvalue weighted by atomic mass is 19.3. The fraction of sp³-hybridized carbons (Fsp3) is 0.316. The van der Waals surface area contributed by atoms with Gasteiger partial charge in [-0.05, 0) is 36.2 Å². The van der Waals surface area contributed by atoms with E-state index in [0.717, 1.165) is 5.56 Å². The number of carbonyl (C=O) groups is 2. The van der Waals surface area contributed by atoms with Crippen LogP contribution in [0.25, 0.3) is 0 Å². The Labute approximate surface area is 159 Å². The molecule has 0 saturated carbocycles. The van der Waals surface area contributed by atoms with Crippen molar-refractivity contribution in [3.63, 3.8) is 0 Å². The first-order chi connectivity index (χ1) is 13.2. The summed E-state index contributed by atoms with van der Waals surface area (Å²) in [5.74, 6) is -2.53. The summed E-state index contributed by atoms with van der Waals surface area (Å²) in [5.41, 5.74) is 1.86. The van der Waals surface area contributed by atoms with Gasteiger partial charge in [0.1, 0.15) is 5.92 Å². The summed E-state index contributed by atoms with van der Waals surface area (Å²) in [6.45, 7) is 2.09. The van der Waals surface area contributed by atoms with E-state index in [1.54, 1.807) is 25.4 Å². The second kappa shape index (κ2) is 6.43. The number of carbonyl (C=O) groups excluding carboxylic acids is 2. The SMILES string of the molecule is Cc1ccncc1NC(=O)[C@H]1C(=O)N(C)C[C@@H]1c1ccc2c(c1)OC(F)(F)O2. The maximum atomic E-state index is 13.3. The zero-order chi connectivity index (χ0) is 20.1. The van der Waals surface area contributed by atoms with Crippen molar-refractivity contribution in [3.8, 4) is 11.5 Å². The number of ether oxygens (including phenoxy) is 2. The van der Waals surface area contributed by atoms with Crippen molar-refractivity contribution in [2.75, 3.05) is 18.9 Å². The summed E-state index contributed by atoms with van der Waals surface area (Å²) in [6, 6.07) is 6.06. The second-order valence-corrected chi connectivity index (χ2v) is 6.86. The molecule has 2 aromatic rings. The van der Waals surface area contributed by atoms with E-state index in [0.29, 0.717) is 11.3 Å². The number of likely N-dealkylation sites (N-methyl/N-ethyl adjacent to an activating group) is 1. The van der Waals surface area contributed by atoms with E-state index in [1.165, 1.54) is 23.2 Å². The van der Waals surface area contributed by atoms with Gasteiger partial charge in [-0.2, -0.15) is 0 Å². The van der Waals surface area contributed by atoms with Gasteiger partial charge in [-0.3, -0.25) is 14.6 Å². The van der Waals surface area contributed by atoms with Crippen LogP contribution in [0.2, 0.25) is 0 Å². The molecule has 1 N–H and O–H groups in total. The highest BCUT2D eigenvalue weighted by molar-refractivity contribution is 6.08. The van der Waals surface area contributed by atoms with Crippen LogP contribution in [0, 0.1) is 12.8 Å². The molecule has 0 bridgehead atoms. The molecule has 9 heteroatoms. The zero-order valence-corrected chi connectivity index (χ0v) is 15.1. The lowest BCUT2D eigenvalue weighted by molar-refractivity contribution is -0.286. The highest BCUT2D eigenvalue weighted by Gasteiger charge is 2.47. The molecule has 2 aliphatic rings. The number of halogens is 2. The van der Waals surface area contributed by atoms with E-state index in [9.17, 15) is 18.4 Å². The van der Waals surface area contributed by atoms with E-state index in [2.05, 4.69) is 19.8 Å². The van der Waals surface area contributed by atoms with Crippen LogP contribution in [0.5, 0.6) is 11.5 Å². The Morgan fingerprint density at radius 2 is 2.04 bits per heavy atom. The first-order valence-corrected chi connectivity index (χ1v) is 8.61. The van der Waals surface area contributed by atoms with Gasteiger partial charge in [0.2, 0.25) is 11.8 Å². The Bertz CT molecular complexity index is 966. The monoisotopic (exact) mass is 389 g/mol. The van der Waals surface area contributed by atoms with E-state index >= 15 is 0 Å². The Hall–Kier alpha value is -3.23. The first kappa shape index (κ1) is 18.1. The maximum absolute atomic E-state index is 13.3. The van der Waals surface area contributed by atoms with Gasteiger partial charge in [0.15, 0.2) is 11.5 Å². The van der Waals surface area contributed by atoms with Gasteiger partial charge in [0.05, 0.1) is 11.9 Å². The summed E-state index contributed by atoms with van der Waals surface area (Å²) in [4.78, 5) is 30.9. The fourth-order valence-electron chi connectivity index (χ4n) is 3.49. The number of aryl methyl sites for hydroxylation is 1. The lowest BCUT2D eigenvalue weighted by atomic mass is 9.87. The second-order valence-electron chi connectivity index (χ2n) is 6.86. The number of likely N-dealkylation sites (tertiary alicyclic amines) is 1. The molecular weight excluding hydrogens is 372 g/mol. The number of pyridine rings is 1. The van der Waals surface area contributed by atoms with Crippen LogP contribution < -0.4 is 14.8 Å². The molecule has 0 unspecified atom stereocenters. The molecule has 1 aromatic carbocycles. The molecule has 1 fully saturated rings.